The van der Waals surface area contributed by atoms with Gasteiger partial charge < -0.3 is 9.47 Å². The van der Waals surface area contributed by atoms with Crippen molar-refractivity contribution in [2.45, 2.75) is 13.0 Å². The summed E-state index contributed by atoms with van der Waals surface area (Å²) in [5.74, 6) is 0.166. The number of halogens is 2. The molecule has 0 saturated carbocycles. The van der Waals surface area contributed by atoms with E-state index in [4.69, 9.17) is 9.47 Å². The van der Waals surface area contributed by atoms with E-state index in [9.17, 15) is 9.59 Å². The fourth-order valence-corrected chi connectivity index (χ4v) is 3.10. The van der Waals surface area contributed by atoms with E-state index >= 15 is 0 Å². The van der Waals surface area contributed by atoms with Gasteiger partial charge in [-0.05, 0) is 79.2 Å². The summed E-state index contributed by atoms with van der Waals surface area (Å²) in [6.45, 7) is 1.64. The van der Waals surface area contributed by atoms with E-state index in [1.54, 1.807) is 61.5 Å². The molecule has 0 fully saturated rings. The molecule has 0 radical (unpaired) electrons. The monoisotopic (exact) mass is 544 g/mol. The van der Waals surface area contributed by atoms with E-state index in [2.05, 4.69) is 42.4 Å². The molecule has 1 unspecified atom stereocenters. The fraction of sp³-hybridized carbons (Fsp3) is 0.0870. The van der Waals surface area contributed by atoms with Crippen LogP contribution < -0.4 is 14.9 Å². The first-order valence-electron chi connectivity index (χ1n) is 9.23. The topological polar surface area (TPSA) is 77.0 Å². The molecule has 8 heteroatoms. The highest BCUT2D eigenvalue weighted by Crippen LogP contribution is 2.18. The Hall–Kier alpha value is -2.97. The van der Waals surface area contributed by atoms with Gasteiger partial charge in [0.15, 0.2) is 6.10 Å². The highest BCUT2D eigenvalue weighted by Gasteiger charge is 2.14. The molecular formula is C23H18Br2N2O4. The van der Waals surface area contributed by atoms with Gasteiger partial charge in [0.05, 0.1) is 11.8 Å². The van der Waals surface area contributed by atoms with Gasteiger partial charge >= 0.3 is 5.97 Å². The molecule has 0 spiro atoms. The third-order valence-corrected chi connectivity index (χ3v) is 5.06. The number of hydrazone groups is 1. The largest absolute Gasteiger partial charge is 0.481 e. The number of nitrogens with one attached hydrogen (secondary N) is 1. The highest BCUT2D eigenvalue weighted by atomic mass is 79.9. The molecule has 6 nitrogen and oxygen atoms in total. The Kier molecular flexibility index (Phi) is 7.97. The van der Waals surface area contributed by atoms with Crippen LogP contribution >= 0.6 is 31.9 Å². The third-order valence-electron chi connectivity index (χ3n) is 4.04. The second-order valence-electron chi connectivity index (χ2n) is 6.42. The van der Waals surface area contributed by atoms with Gasteiger partial charge in [-0.3, -0.25) is 4.79 Å². The first-order valence-corrected chi connectivity index (χ1v) is 10.8. The van der Waals surface area contributed by atoms with Crippen LogP contribution in [0.1, 0.15) is 22.8 Å². The van der Waals surface area contributed by atoms with Gasteiger partial charge in [-0.2, -0.15) is 5.10 Å². The van der Waals surface area contributed by atoms with Crippen LogP contribution in [0.3, 0.4) is 0 Å². The maximum Gasteiger partial charge on any atom is 0.343 e. The molecule has 0 bridgehead atoms. The van der Waals surface area contributed by atoms with Gasteiger partial charge in [0.25, 0.3) is 5.91 Å². The number of carbonyl (C=O) groups is 2. The van der Waals surface area contributed by atoms with Crippen LogP contribution in [0, 0.1) is 0 Å². The Bertz CT molecular complexity index is 1080. The van der Waals surface area contributed by atoms with Crippen molar-refractivity contribution in [2.24, 2.45) is 5.10 Å². The Morgan fingerprint density at radius 2 is 1.61 bits per heavy atom. The number of ether oxygens (including phenoxy) is 2. The summed E-state index contributed by atoms with van der Waals surface area (Å²) in [4.78, 5) is 24.3. The minimum atomic E-state index is -0.710. The summed E-state index contributed by atoms with van der Waals surface area (Å²) in [5.41, 5.74) is 3.62. The zero-order valence-corrected chi connectivity index (χ0v) is 19.6. The molecule has 31 heavy (non-hydrogen) atoms. The molecular weight excluding hydrogens is 528 g/mol. The van der Waals surface area contributed by atoms with E-state index in [-0.39, 0.29) is 5.91 Å². The number of amides is 1. The lowest BCUT2D eigenvalue weighted by Crippen LogP contribution is -2.33. The maximum atomic E-state index is 12.2. The molecule has 0 aliphatic carbocycles. The van der Waals surface area contributed by atoms with Gasteiger partial charge in [-0.25, -0.2) is 10.2 Å². The maximum absolute atomic E-state index is 12.2. The highest BCUT2D eigenvalue weighted by molar-refractivity contribution is 9.10. The number of hydrogen-bond donors (Lipinski definition) is 1. The quantitative estimate of drug-likeness (QED) is 0.188. The van der Waals surface area contributed by atoms with E-state index < -0.39 is 12.1 Å². The molecule has 1 atom stereocenters. The van der Waals surface area contributed by atoms with Crippen LogP contribution in [-0.4, -0.2) is 24.2 Å². The van der Waals surface area contributed by atoms with Crippen molar-refractivity contribution < 1.29 is 19.1 Å². The molecule has 0 aliphatic heterocycles. The molecule has 0 aliphatic rings. The van der Waals surface area contributed by atoms with Gasteiger partial charge in [0.1, 0.15) is 11.5 Å². The summed E-state index contributed by atoms with van der Waals surface area (Å²) in [6.07, 6.45) is 0.780. The SMILES string of the molecule is CC(Oc1ccc(Br)cc1)C(=O)NN=Cc1ccc(OC(=O)c2cccc(Br)c2)cc1. The number of esters is 1. The second kappa shape index (κ2) is 10.9. The van der Waals surface area contributed by atoms with Crippen LogP contribution in [0.15, 0.2) is 86.8 Å². The van der Waals surface area contributed by atoms with E-state index in [0.29, 0.717) is 17.1 Å². The van der Waals surface area contributed by atoms with Crippen molar-refractivity contribution in [3.05, 3.63) is 92.9 Å². The Balaban J connectivity index is 1.50. The van der Waals surface area contributed by atoms with Crippen LogP contribution in [0.2, 0.25) is 0 Å². The standard InChI is InChI=1S/C23H18Br2N2O4/c1-15(30-20-11-7-18(24)8-12-20)22(28)27-26-14-16-5-9-21(10-6-16)31-23(29)17-3-2-4-19(25)13-17/h2-15H,1H3,(H,27,28). The Morgan fingerprint density at radius 3 is 2.29 bits per heavy atom. The molecule has 1 N–H and O–H groups in total. The first kappa shape index (κ1) is 22.7. The molecule has 0 aromatic heterocycles. The molecule has 0 saturated heterocycles. The second-order valence-corrected chi connectivity index (χ2v) is 8.25. The lowest BCUT2D eigenvalue weighted by molar-refractivity contribution is -0.127. The zero-order chi connectivity index (χ0) is 22.2. The van der Waals surface area contributed by atoms with Crippen molar-refractivity contribution in [3.63, 3.8) is 0 Å². The van der Waals surface area contributed by atoms with Crippen molar-refractivity contribution in [1.82, 2.24) is 5.43 Å². The van der Waals surface area contributed by atoms with Gasteiger partial charge in [0.2, 0.25) is 0 Å². The molecule has 3 rings (SSSR count). The summed E-state index contributed by atoms with van der Waals surface area (Å²) < 4.78 is 12.7. The zero-order valence-electron chi connectivity index (χ0n) is 16.4. The first-order chi connectivity index (χ1) is 14.9. The Labute approximate surface area is 196 Å². The number of rotatable bonds is 7. The summed E-state index contributed by atoms with van der Waals surface area (Å²) in [6, 6.07) is 20.9. The lowest BCUT2D eigenvalue weighted by Gasteiger charge is -2.12. The van der Waals surface area contributed by atoms with Crippen LogP contribution in [0.5, 0.6) is 11.5 Å². The average Bonchev–Trinajstić information content (AvgIpc) is 2.76. The number of nitrogens with zero attached hydrogens (tertiary/aromatic N) is 1. The minimum Gasteiger partial charge on any atom is -0.481 e. The van der Waals surface area contributed by atoms with E-state index in [1.807, 2.05) is 18.2 Å². The summed E-state index contributed by atoms with van der Waals surface area (Å²) in [5, 5.41) is 3.94. The average molecular weight is 546 g/mol. The van der Waals surface area contributed by atoms with E-state index in [1.165, 1.54) is 6.21 Å². The van der Waals surface area contributed by atoms with Gasteiger partial charge in [-0.1, -0.05) is 37.9 Å². The van der Waals surface area contributed by atoms with Crippen LogP contribution in [-0.2, 0) is 4.79 Å². The van der Waals surface area contributed by atoms with Gasteiger partial charge in [0, 0.05) is 8.95 Å². The molecule has 0 heterocycles. The lowest BCUT2D eigenvalue weighted by atomic mass is 10.2. The van der Waals surface area contributed by atoms with E-state index in [0.717, 1.165) is 14.5 Å². The third kappa shape index (κ3) is 7.04. The number of hydrogen-bond acceptors (Lipinski definition) is 5. The fourth-order valence-electron chi connectivity index (χ4n) is 2.44. The van der Waals surface area contributed by atoms with Gasteiger partial charge in [-0.15, -0.1) is 0 Å². The van der Waals surface area contributed by atoms with Crippen LogP contribution in [0.4, 0.5) is 0 Å². The smallest absolute Gasteiger partial charge is 0.343 e. The van der Waals surface area contributed by atoms with Crippen molar-refractivity contribution in [3.8, 4) is 11.5 Å². The molecule has 158 valence electrons. The predicted octanol–water partition coefficient (Wildman–Crippen LogP) is 5.35. The number of benzene rings is 3. The summed E-state index contributed by atoms with van der Waals surface area (Å²) >= 11 is 6.67. The van der Waals surface area contributed by atoms with Crippen molar-refractivity contribution >= 4 is 50.0 Å². The Morgan fingerprint density at radius 1 is 0.935 bits per heavy atom. The van der Waals surface area contributed by atoms with Crippen LogP contribution in [0.25, 0.3) is 0 Å². The molecule has 3 aromatic carbocycles. The summed E-state index contributed by atoms with van der Waals surface area (Å²) in [7, 11) is 0. The van der Waals surface area contributed by atoms with Crippen molar-refractivity contribution in [1.29, 1.82) is 0 Å². The molecule has 1 amide bonds. The minimum absolute atomic E-state index is 0.376. The number of carbonyl (C=O) groups excluding carboxylic acids is 2. The predicted molar refractivity (Wildman–Crippen MR) is 126 cm³/mol. The van der Waals surface area contributed by atoms with Crippen molar-refractivity contribution in [2.75, 3.05) is 0 Å². The molecule has 3 aromatic rings. The normalized spacial score (nSPS) is 11.7.